The zero-order valence-electron chi connectivity index (χ0n) is 21.9. The molecule has 0 radical (unpaired) electrons. The molecule has 7 nitrogen and oxygen atoms in total. The summed E-state index contributed by atoms with van der Waals surface area (Å²) >= 11 is 0. The van der Waals surface area contributed by atoms with Crippen LogP contribution >= 0.6 is 0 Å². The normalized spacial score (nSPS) is 17.9. The summed E-state index contributed by atoms with van der Waals surface area (Å²) in [6.45, 7) is 2.57. The number of halogens is 5. The van der Waals surface area contributed by atoms with E-state index in [1.54, 1.807) is 0 Å². The van der Waals surface area contributed by atoms with Crippen molar-refractivity contribution in [2.24, 2.45) is 0 Å². The molecule has 0 aromatic heterocycles. The van der Waals surface area contributed by atoms with Gasteiger partial charge in [-0.15, -0.1) is 0 Å². The summed E-state index contributed by atoms with van der Waals surface area (Å²) in [6, 6.07) is 8.58. The first-order chi connectivity index (χ1) is 18.7. The Kier molecular flexibility index (Phi) is 7.73. The van der Waals surface area contributed by atoms with Gasteiger partial charge in [0.05, 0.1) is 11.3 Å². The SMILES string of the molecule is CN1C(=O)[C@H](NC(=O)C(C)(C)NC(=O)c2ccc(F)cc2)CC2=C1C(F)=CCN2Cc1ccccc1C(F)(F)F. The van der Waals surface area contributed by atoms with Crippen molar-refractivity contribution in [3.05, 3.63) is 94.3 Å². The van der Waals surface area contributed by atoms with E-state index in [9.17, 15) is 36.3 Å². The molecule has 2 aliphatic heterocycles. The van der Waals surface area contributed by atoms with Crippen molar-refractivity contribution in [3.63, 3.8) is 0 Å². The molecule has 0 unspecified atom stereocenters. The Morgan fingerprint density at radius 2 is 1.68 bits per heavy atom. The van der Waals surface area contributed by atoms with Gasteiger partial charge in [0.25, 0.3) is 5.91 Å². The predicted molar refractivity (Wildman–Crippen MR) is 135 cm³/mol. The molecule has 0 saturated carbocycles. The first-order valence-corrected chi connectivity index (χ1v) is 12.3. The highest BCUT2D eigenvalue weighted by atomic mass is 19.4. The molecule has 1 atom stereocenters. The Bertz CT molecular complexity index is 1400. The van der Waals surface area contributed by atoms with Gasteiger partial charge in [-0.05, 0) is 55.8 Å². The van der Waals surface area contributed by atoms with E-state index < -0.39 is 52.7 Å². The Balaban J connectivity index is 1.55. The molecule has 0 bridgehead atoms. The first kappa shape index (κ1) is 28.8. The van der Waals surface area contributed by atoms with E-state index in [0.717, 1.165) is 23.1 Å². The maximum atomic E-state index is 14.9. The van der Waals surface area contributed by atoms with Gasteiger partial charge < -0.3 is 20.4 Å². The average molecular weight is 563 g/mol. The second-order valence-electron chi connectivity index (χ2n) is 10.1. The van der Waals surface area contributed by atoms with E-state index in [4.69, 9.17) is 0 Å². The van der Waals surface area contributed by atoms with Crippen LogP contribution in [-0.2, 0) is 22.3 Å². The second-order valence-corrected chi connectivity index (χ2v) is 10.1. The lowest BCUT2D eigenvalue weighted by molar-refractivity contribution is -0.138. The Morgan fingerprint density at radius 3 is 2.33 bits per heavy atom. The maximum Gasteiger partial charge on any atom is 0.416 e. The zero-order valence-corrected chi connectivity index (χ0v) is 21.9. The van der Waals surface area contributed by atoms with Crippen LogP contribution in [0.4, 0.5) is 22.0 Å². The Hall–Kier alpha value is -4.22. The number of hydrogen-bond acceptors (Lipinski definition) is 4. The third-order valence-electron chi connectivity index (χ3n) is 6.82. The van der Waals surface area contributed by atoms with Gasteiger partial charge in [-0.1, -0.05) is 18.2 Å². The quantitative estimate of drug-likeness (QED) is 0.516. The predicted octanol–water partition coefficient (Wildman–Crippen LogP) is 4.28. The average Bonchev–Trinajstić information content (AvgIpc) is 2.88. The molecule has 0 aliphatic carbocycles. The minimum absolute atomic E-state index is 0.0256. The fourth-order valence-electron chi connectivity index (χ4n) is 4.65. The molecule has 2 aromatic carbocycles. The molecule has 40 heavy (non-hydrogen) atoms. The molecule has 0 spiro atoms. The highest BCUT2D eigenvalue weighted by Gasteiger charge is 2.41. The minimum atomic E-state index is -4.59. The third kappa shape index (κ3) is 5.85. The van der Waals surface area contributed by atoms with Gasteiger partial charge in [-0.2, -0.15) is 13.2 Å². The van der Waals surface area contributed by atoms with Crippen molar-refractivity contribution < 1.29 is 36.3 Å². The number of hydrogen-bond donors (Lipinski definition) is 2. The van der Waals surface area contributed by atoms with E-state index in [2.05, 4.69) is 10.6 Å². The van der Waals surface area contributed by atoms with Crippen LogP contribution in [0.25, 0.3) is 0 Å². The van der Waals surface area contributed by atoms with Crippen LogP contribution in [0.15, 0.2) is 71.8 Å². The number of rotatable bonds is 6. The molecule has 2 N–H and O–H groups in total. The fraction of sp³-hybridized carbons (Fsp3) is 0.321. The third-order valence-corrected chi connectivity index (χ3v) is 6.82. The number of likely N-dealkylation sites (N-methyl/N-ethyl adjacent to an activating group) is 1. The van der Waals surface area contributed by atoms with Crippen molar-refractivity contribution in [2.75, 3.05) is 13.6 Å². The number of nitrogens with one attached hydrogen (secondary N) is 2. The topological polar surface area (TPSA) is 81.8 Å². The summed E-state index contributed by atoms with van der Waals surface area (Å²) < 4.78 is 68.9. The van der Waals surface area contributed by atoms with E-state index in [0.29, 0.717) is 0 Å². The minimum Gasteiger partial charge on any atom is -0.365 e. The summed E-state index contributed by atoms with van der Waals surface area (Å²) in [7, 11) is 1.32. The van der Waals surface area contributed by atoms with Crippen molar-refractivity contribution in [2.45, 2.75) is 44.6 Å². The highest BCUT2D eigenvalue weighted by molar-refractivity contribution is 6.00. The van der Waals surface area contributed by atoms with Crippen LogP contribution < -0.4 is 10.6 Å². The van der Waals surface area contributed by atoms with Gasteiger partial charge in [0.15, 0.2) is 0 Å². The first-order valence-electron chi connectivity index (χ1n) is 12.3. The van der Waals surface area contributed by atoms with Crippen LogP contribution in [0, 0.1) is 5.82 Å². The second kappa shape index (κ2) is 10.7. The highest BCUT2D eigenvalue weighted by Crippen LogP contribution is 2.37. The Morgan fingerprint density at radius 1 is 1.02 bits per heavy atom. The van der Waals surface area contributed by atoms with Crippen molar-refractivity contribution >= 4 is 17.7 Å². The molecule has 0 saturated heterocycles. The number of carbonyl (C=O) groups is 3. The number of alkyl halides is 3. The molecule has 4 rings (SSSR count). The fourth-order valence-corrected chi connectivity index (χ4v) is 4.65. The number of nitrogens with zero attached hydrogens (tertiary/aromatic N) is 2. The van der Waals surface area contributed by atoms with Crippen LogP contribution in [-0.4, -0.2) is 52.7 Å². The molecular weight excluding hydrogens is 535 g/mol. The molecule has 2 aromatic rings. The summed E-state index contributed by atoms with van der Waals surface area (Å²) in [5, 5.41) is 5.12. The van der Waals surface area contributed by atoms with Crippen molar-refractivity contribution in [3.8, 4) is 0 Å². The molecular formula is C28H27F5N4O3. The van der Waals surface area contributed by atoms with E-state index in [-0.39, 0.29) is 42.0 Å². The molecule has 2 heterocycles. The number of allylic oxidation sites excluding steroid dienone is 1. The summed E-state index contributed by atoms with van der Waals surface area (Å²) in [4.78, 5) is 41.4. The summed E-state index contributed by atoms with van der Waals surface area (Å²) in [5.74, 6) is -3.23. The molecule has 12 heteroatoms. The standard InChI is InChI=1S/C28H27F5N4O3/c1-27(2,35-24(38)16-8-10-18(29)11-9-16)26(40)34-21-14-22-23(36(3)25(21)39)20(30)12-13-37(22)15-17-6-4-5-7-19(17)28(31,32)33/h4-12,21H,13-15H2,1-3H3,(H,34,40)(H,35,38)/t21-/m1/s1. The molecule has 212 valence electrons. The lowest BCUT2D eigenvalue weighted by Gasteiger charge is -2.41. The molecule has 0 fully saturated rings. The number of carbonyl (C=O) groups excluding carboxylic acids is 3. The van der Waals surface area contributed by atoms with Gasteiger partial charge >= 0.3 is 6.18 Å². The molecule has 2 aliphatic rings. The summed E-state index contributed by atoms with van der Waals surface area (Å²) in [6.07, 6.45) is -3.59. The lowest BCUT2D eigenvalue weighted by Crippen LogP contribution is -2.60. The van der Waals surface area contributed by atoms with Crippen molar-refractivity contribution in [1.82, 2.24) is 20.4 Å². The lowest BCUT2D eigenvalue weighted by atomic mass is 9.96. The van der Waals surface area contributed by atoms with Crippen LogP contribution in [0.2, 0.25) is 0 Å². The largest absolute Gasteiger partial charge is 0.416 e. The van der Waals surface area contributed by atoms with Crippen LogP contribution in [0.5, 0.6) is 0 Å². The Labute approximate surface area is 227 Å². The van der Waals surface area contributed by atoms with E-state index in [1.165, 1.54) is 62.2 Å². The molecule has 3 amide bonds. The number of benzene rings is 2. The van der Waals surface area contributed by atoms with Crippen LogP contribution in [0.3, 0.4) is 0 Å². The van der Waals surface area contributed by atoms with Gasteiger partial charge in [-0.25, -0.2) is 8.78 Å². The van der Waals surface area contributed by atoms with Crippen LogP contribution in [0.1, 0.15) is 41.8 Å². The van der Waals surface area contributed by atoms with Gasteiger partial charge in [-0.3, -0.25) is 14.4 Å². The monoisotopic (exact) mass is 562 g/mol. The van der Waals surface area contributed by atoms with E-state index in [1.807, 2.05) is 0 Å². The van der Waals surface area contributed by atoms with Gasteiger partial charge in [0.2, 0.25) is 11.8 Å². The van der Waals surface area contributed by atoms with Gasteiger partial charge in [0, 0.05) is 37.8 Å². The van der Waals surface area contributed by atoms with E-state index >= 15 is 0 Å². The maximum absolute atomic E-state index is 14.9. The zero-order chi connectivity index (χ0) is 29.4. The number of amides is 3. The van der Waals surface area contributed by atoms with Gasteiger partial charge in [0.1, 0.15) is 23.2 Å². The van der Waals surface area contributed by atoms with Crippen molar-refractivity contribution in [1.29, 1.82) is 0 Å². The smallest absolute Gasteiger partial charge is 0.365 e. The summed E-state index contributed by atoms with van der Waals surface area (Å²) in [5.41, 5.74) is -2.06.